The molecule has 0 atom stereocenters. The van der Waals surface area contributed by atoms with Crippen molar-refractivity contribution >= 4 is 17.5 Å². The highest BCUT2D eigenvalue weighted by Gasteiger charge is 2.26. The number of hydrogen-bond donors (Lipinski definition) is 1. The Hall–Kier alpha value is -1.85. The van der Waals surface area contributed by atoms with Gasteiger partial charge in [-0.25, -0.2) is 0 Å². The van der Waals surface area contributed by atoms with Gasteiger partial charge in [-0.3, -0.25) is 4.79 Å². The van der Waals surface area contributed by atoms with E-state index in [-0.39, 0.29) is 11.9 Å². The second-order valence-electron chi connectivity index (χ2n) is 5.21. The van der Waals surface area contributed by atoms with E-state index in [1.807, 2.05) is 12.1 Å². The Morgan fingerprint density at radius 3 is 2.62 bits per heavy atom. The average Bonchev–Trinajstić information content (AvgIpc) is 2.97. The van der Waals surface area contributed by atoms with Crippen LogP contribution in [0.5, 0.6) is 0 Å². The molecular weight excluding hydrogens is 290 g/mol. The summed E-state index contributed by atoms with van der Waals surface area (Å²) in [5.74, 6) is -0.0619. The Kier molecular flexibility index (Phi) is 3.94. The molecular formula is C15H16ClN3O2. The van der Waals surface area contributed by atoms with Crippen LogP contribution < -0.4 is 5.73 Å². The van der Waals surface area contributed by atoms with Crippen molar-refractivity contribution in [2.45, 2.75) is 18.9 Å². The number of hydrogen-bond acceptors (Lipinski definition) is 4. The zero-order valence-electron chi connectivity index (χ0n) is 11.5. The third-order valence-electron chi connectivity index (χ3n) is 3.74. The predicted octanol–water partition coefficient (Wildman–Crippen LogP) is 2.56. The van der Waals surface area contributed by atoms with E-state index in [0.717, 1.165) is 18.4 Å². The zero-order chi connectivity index (χ0) is 14.8. The van der Waals surface area contributed by atoms with Crippen LogP contribution in [0.1, 0.15) is 23.2 Å². The molecule has 1 amide bonds. The quantitative estimate of drug-likeness (QED) is 0.925. The van der Waals surface area contributed by atoms with E-state index in [9.17, 15) is 4.79 Å². The van der Waals surface area contributed by atoms with Gasteiger partial charge in [0.1, 0.15) is 17.5 Å². The number of benzene rings is 1. The first-order valence-corrected chi connectivity index (χ1v) is 7.28. The van der Waals surface area contributed by atoms with Crippen molar-refractivity contribution in [1.82, 2.24) is 10.1 Å². The van der Waals surface area contributed by atoms with Crippen LogP contribution in [0.3, 0.4) is 0 Å². The Labute approximate surface area is 127 Å². The number of halogens is 1. The number of aromatic nitrogens is 1. The highest BCUT2D eigenvalue weighted by molar-refractivity contribution is 6.30. The fraction of sp³-hybridized carbons (Fsp3) is 0.333. The first-order valence-electron chi connectivity index (χ1n) is 6.90. The summed E-state index contributed by atoms with van der Waals surface area (Å²) in [5, 5.41) is 4.60. The van der Waals surface area contributed by atoms with Crippen molar-refractivity contribution in [2.24, 2.45) is 5.73 Å². The summed E-state index contributed by atoms with van der Waals surface area (Å²) in [5.41, 5.74) is 7.71. The third kappa shape index (κ3) is 2.94. The van der Waals surface area contributed by atoms with Gasteiger partial charge in [0, 0.05) is 29.7 Å². The maximum absolute atomic E-state index is 12.6. The van der Waals surface area contributed by atoms with Gasteiger partial charge in [-0.2, -0.15) is 0 Å². The number of amides is 1. The lowest BCUT2D eigenvalue weighted by Crippen LogP contribution is -2.42. The Morgan fingerprint density at radius 2 is 1.95 bits per heavy atom. The van der Waals surface area contributed by atoms with E-state index in [1.54, 1.807) is 17.0 Å². The van der Waals surface area contributed by atoms with Crippen LogP contribution in [-0.4, -0.2) is 35.1 Å². The highest BCUT2D eigenvalue weighted by atomic mass is 35.5. The van der Waals surface area contributed by atoms with Gasteiger partial charge in [-0.05, 0) is 25.0 Å². The van der Waals surface area contributed by atoms with Gasteiger partial charge in [-0.1, -0.05) is 28.9 Å². The Morgan fingerprint density at radius 1 is 1.29 bits per heavy atom. The number of carbonyl (C=O) groups is 1. The van der Waals surface area contributed by atoms with Crippen LogP contribution in [0.2, 0.25) is 5.02 Å². The van der Waals surface area contributed by atoms with Gasteiger partial charge in [0.2, 0.25) is 0 Å². The van der Waals surface area contributed by atoms with Crippen molar-refractivity contribution in [1.29, 1.82) is 0 Å². The molecule has 1 aromatic carbocycles. The molecule has 1 saturated heterocycles. The number of nitrogens with zero attached hydrogens (tertiary/aromatic N) is 2. The van der Waals surface area contributed by atoms with E-state index in [1.165, 1.54) is 6.26 Å². The minimum Gasteiger partial charge on any atom is -0.363 e. The van der Waals surface area contributed by atoms with Crippen LogP contribution in [0.25, 0.3) is 11.3 Å². The van der Waals surface area contributed by atoms with Gasteiger partial charge in [0.15, 0.2) is 0 Å². The van der Waals surface area contributed by atoms with Gasteiger partial charge >= 0.3 is 0 Å². The molecule has 1 aliphatic heterocycles. The molecule has 1 aromatic heterocycles. The summed E-state index contributed by atoms with van der Waals surface area (Å²) in [4.78, 5) is 14.4. The van der Waals surface area contributed by atoms with Crippen LogP contribution in [0, 0.1) is 0 Å². The predicted molar refractivity (Wildman–Crippen MR) is 80.1 cm³/mol. The lowest BCUT2D eigenvalue weighted by atomic mass is 10.0. The molecule has 3 rings (SSSR count). The van der Waals surface area contributed by atoms with Crippen LogP contribution in [-0.2, 0) is 0 Å². The van der Waals surface area contributed by atoms with Crippen LogP contribution in [0.4, 0.5) is 0 Å². The summed E-state index contributed by atoms with van der Waals surface area (Å²) in [7, 11) is 0. The second-order valence-corrected chi connectivity index (χ2v) is 5.65. The van der Waals surface area contributed by atoms with Crippen molar-refractivity contribution < 1.29 is 9.32 Å². The molecule has 0 spiro atoms. The summed E-state index contributed by atoms with van der Waals surface area (Å²) < 4.78 is 5.01. The normalized spacial score (nSPS) is 16.2. The molecule has 0 saturated carbocycles. The lowest BCUT2D eigenvalue weighted by molar-refractivity contribution is 0.0714. The average molecular weight is 306 g/mol. The maximum atomic E-state index is 12.6. The van der Waals surface area contributed by atoms with Gasteiger partial charge in [0.25, 0.3) is 5.91 Å². The number of carbonyl (C=O) groups excluding carboxylic acids is 1. The molecule has 0 bridgehead atoms. The minimum absolute atomic E-state index is 0.0619. The van der Waals surface area contributed by atoms with Crippen molar-refractivity contribution in [3.63, 3.8) is 0 Å². The molecule has 0 unspecified atom stereocenters. The first kappa shape index (κ1) is 14.1. The van der Waals surface area contributed by atoms with Gasteiger partial charge < -0.3 is 15.2 Å². The molecule has 2 N–H and O–H groups in total. The molecule has 0 radical (unpaired) electrons. The molecule has 1 aliphatic rings. The molecule has 1 fully saturated rings. The summed E-state index contributed by atoms with van der Waals surface area (Å²) in [6, 6.07) is 7.36. The highest BCUT2D eigenvalue weighted by Crippen LogP contribution is 2.25. The van der Waals surface area contributed by atoms with Crippen molar-refractivity contribution in [3.8, 4) is 11.3 Å². The standard InChI is InChI=1S/C15H16ClN3O2/c16-11-3-1-10(2-4-11)14-13(9-21-18-14)15(20)19-7-5-12(17)6-8-19/h1-4,9,12H,5-8,17H2. The number of likely N-dealkylation sites (tertiary alicyclic amines) is 1. The topological polar surface area (TPSA) is 72.4 Å². The van der Waals surface area contributed by atoms with Gasteiger partial charge in [0.05, 0.1) is 0 Å². The van der Waals surface area contributed by atoms with Gasteiger partial charge in [-0.15, -0.1) is 0 Å². The van der Waals surface area contributed by atoms with E-state index in [4.69, 9.17) is 21.9 Å². The first-order chi connectivity index (χ1) is 10.1. The monoisotopic (exact) mass is 305 g/mol. The smallest absolute Gasteiger partial charge is 0.259 e. The third-order valence-corrected chi connectivity index (χ3v) is 4.00. The molecule has 2 aromatic rings. The van der Waals surface area contributed by atoms with Crippen molar-refractivity contribution in [3.05, 3.63) is 41.1 Å². The molecule has 5 nitrogen and oxygen atoms in total. The van der Waals surface area contributed by atoms with E-state index < -0.39 is 0 Å². The van der Waals surface area contributed by atoms with Crippen molar-refractivity contribution in [2.75, 3.05) is 13.1 Å². The Balaban J connectivity index is 1.85. The zero-order valence-corrected chi connectivity index (χ0v) is 12.2. The fourth-order valence-corrected chi connectivity index (χ4v) is 2.60. The molecule has 2 heterocycles. The fourth-order valence-electron chi connectivity index (χ4n) is 2.48. The van der Waals surface area contributed by atoms with Crippen LogP contribution in [0.15, 0.2) is 35.1 Å². The number of piperidine rings is 1. The SMILES string of the molecule is NC1CCN(C(=O)c2conc2-c2ccc(Cl)cc2)CC1. The molecule has 0 aliphatic carbocycles. The summed E-state index contributed by atoms with van der Waals surface area (Å²) in [6.07, 6.45) is 3.06. The number of rotatable bonds is 2. The summed E-state index contributed by atoms with van der Waals surface area (Å²) in [6.45, 7) is 1.34. The minimum atomic E-state index is -0.0619. The van der Waals surface area contributed by atoms with E-state index in [2.05, 4.69) is 5.16 Å². The van der Waals surface area contributed by atoms with Crippen LogP contribution >= 0.6 is 11.6 Å². The Bertz CT molecular complexity index is 631. The molecule has 21 heavy (non-hydrogen) atoms. The largest absolute Gasteiger partial charge is 0.363 e. The molecule has 110 valence electrons. The van der Waals surface area contributed by atoms with E-state index in [0.29, 0.717) is 29.4 Å². The maximum Gasteiger partial charge on any atom is 0.259 e. The van der Waals surface area contributed by atoms with E-state index >= 15 is 0 Å². The lowest BCUT2D eigenvalue weighted by Gasteiger charge is -2.29. The summed E-state index contributed by atoms with van der Waals surface area (Å²) >= 11 is 5.88. The number of nitrogens with two attached hydrogens (primary N) is 1. The second kappa shape index (κ2) is 5.87. The molecule has 6 heteroatoms.